The van der Waals surface area contributed by atoms with Crippen LogP contribution in [0.4, 0.5) is 4.39 Å². The first kappa shape index (κ1) is 16.3. The van der Waals surface area contributed by atoms with Gasteiger partial charge in [-0.25, -0.2) is 9.18 Å². The minimum Gasteiger partial charge on any atom is -0.484 e. The molecule has 20 heavy (non-hydrogen) atoms. The number of hydrogen-bond acceptors (Lipinski definition) is 4. The summed E-state index contributed by atoms with van der Waals surface area (Å²) in [5.74, 6) is -1.02. The van der Waals surface area contributed by atoms with Gasteiger partial charge in [-0.05, 0) is 42.7 Å². The van der Waals surface area contributed by atoms with Gasteiger partial charge >= 0.3 is 5.97 Å². The van der Waals surface area contributed by atoms with E-state index < -0.39 is 23.7 Å². The molecule has 0 saturated heterocycles. The Hall–Kier alpha value is -1.76. The van der Waals surface area contributed by atoms with Gasteiger partial charge in [0.05, 0.1) is 0 Å². The van der Waals surface area contributed by atoms with Crippen LogP contribution in [0.25, 0.3) is 0 Å². The van der Waals surface area contributed by atoms with Crippen molar-refractivity contribution in [1.82, 2.24) is 5.32 Å². The molecule has 7 heteroatoms. The fourth-order valence-electron chi connectivity index (χ4n) is 1.41. The first-order valence-corrected chi connectivity index (χ1v) is 7.31. The van der Waals surface area contributed by atoms with Gasteiger partial charge in [-0.15, -0.1) is 0 Å². The van der Waals surface area contributed by atoms with Gasteiger partial charge in [0.1, 0.15) is 17.6 Å². The van der Waals surface area contributed by atoms with E-state index >= 15 is 0 Å². The molecule has 0 unspecified atom stereocenters. The van der Waals surface area contributed by atoms with Crippen molar-refractivity contribution in [3.05, 3.63) is 30.1 Å². The third kappa shape index (κ3) is 5.92. The molecular formula is C13H16FNO4S. The third-order valence-electron chi connectivity index (χ3n) is 2.43. The molecule has 0 saturated carbocycles. The average Bonchev–Trinajstić information content (AvgIpc) is 2.42. The van der Waals surface area contributed by atoms with Gasteiger partial charge in [-0.3, -0.25) is 4.79 Å². The molecule has 1 aromatic carbocycles. The highest BCUT2D eigenvalue weighted by Crippen LogP contribution is 2.10. The zero-order chi connectivity index (χ0) is 15.0. The largest absolute Gasteiger partial charge is 0.484 e. The van der Waals surface area contributed by atoms with Crippen molar-refractivity contribution in [3.8, 4) is 5.75 Å². The number of benzene rings is 1. The molecule has 0 aliphatic heterocycles. The number of carboxylic acids is 1. The Morgan fingerprint density at radius 2 is 2.05 bits per heavy atom. The van der Waals surface area contributed by atoms with Gasteiger partial charge in [0.25, 0.3) is 5.91 Å². The minimum atomic E-state index is -1.07. The maximum Gasteiger partial charge on any atom is 0.326 e. The maximum atomic E-state index is 12.7. The Morgan fingerprint density at radius 3 is 2.60 bits per heavy atom. The van der Waals surface area contributed by atoms with Crippen molar-refractivity contribution < 1.29 is 23.8 Å². The number of nitrogens with one attached hydrogen (secondary N) is 1. The van der Waals surface area contributed by atoms with Crippen LogP contribution in [-0.2, 0) is 9.59 Å². The van der Waals surface area contributed by atoms with Crippen molar-refractivity contribution in [3.63, 3.8) is 0 Å². The SMILES string of the molecule is CSCC[C@@H](NC(=O)COc1ccc(F)cc1)C(=O)O. The Bertz CT molecular complexity index is 452. The number of rotatable bonds is 8. The quantitative estimate of drug-likeness (QED) is 0.761. The van der Waals surface area contributed by atoms with Crippen LogP contribution in [0.2, 0.25) is 0 Å². The molecule has 1 rings (SSSR count). The van der Waals surface area contributed by atoms with Crippen LogP contribution in [-0.4, -0.2) is 41.6 Å². The molecule has 0 aliphatic rings. The first-order chi connectivity index (χ1) is 9.52. The van der Waals surface area contributed by atoms with Crippen LogP contribution in [0.5, 0.6) is 5.75 Å². The summed E-state index contributed by atoms with van der Waals surface area (Å²) < 4.78 is 17.8. The second kappa shape index (κ2) is 8.42. The summed E-state index contributed by atoms with van der Waals surface area (Å²) in [7, 11) is 0. The number of carbonyl (C=O) groups excluding carboxylic acids is 1. The smallest absolute Gasteiger partial charge is 0.326 e. The second-order valence-electron chi connectivity index (χ2n) is 3.98. The lowest BCUT2D eigenvalue weighted by molar-refractivity contribution is -0.142. The monoisotopic (exact) mass is 301 g/mol. The molecule has 5 nitrogen and oxygen atoms in total. The summed E-state index contributed by atoms with van der Waals surface area (Å²) in [4.78, 5) is 22.5. The molecule has 1 atom stereocenters. The summed E-state index contributed by atoms with van der Waals surface area (Å²) in [5, 5.41) is 11.3. The van der Waals surface area contributed by atoms with E-state index in [0.29, 0.717) is 17.9 Å². The molecule has 0 aromatic heterocycles. The van der Waals surface area contributed by atoms with Gasteiger partial charge in [0.15, 0.2) is 6.61 Å². The van der Waals surface area contributed by atoms with Crippen molar-refractivity contribution in [1.29, 1.82) is 0 Å². The van der Waals surface area contributed by atoms with Crippen molar-refractivity contribution >= 4 is 23.6 Å². The van der Waals surface area contributed by atoms with E-state index in [1.807, 2.05) is 6.26 Å². The highest BCUT2D eigenvalue weighted by molar-refractivity contribution is 7.98. The minimum absolute atomic E-state index is 0.311. The predicted molar refractivity (Wildman–Crippen MR) is 74.5 cm³/mol. The summed E-state index contributed by atoms with van der Waals surface area (Å²) in [5.41, 5.74) is 0. The molecule has 0 spiro atoms. The van der Waals surface area contributed by atoms with Gasteiger partial charge in [0.2, 0.25) is 0 Å². The molecule has 0 aliphatic carbocycles. The van der Waals surface area contributed by atoms with Crippen molar-refractivity contribution in [2.45, 2.75) is 12.5 Å². The molecular weight excluding hydrogens is 285 g/mol. The molecule has 2 N–H and O–H groups in total. The summed E-state index contributed by atoms with van der Waals surface area (Å²) in [6, 6.07) is 4.29. The lowest BCUT2D eigenvalue weighted by Crippen LogP contribution is -2.43. The lowest BCUT2D eigenvalue weighted by Gasteiger charge is -2.14. The Morgan fingerprint density at radius 1 is 1.40 bits per heavy atom. The molecule has 1 amide bonds. The van der Waals surface area contributed by atoms with Crippen molar-refractivity contribution in [2.75, 3.05) is 18.6 Å². The zero-order valence-corrected chi connectivity index (χ0v) is 11.8. The van der Waals surface area contributed by atoms with Crippen LogP contribution in [0, 0.1) is 5.82 Å². The van der Waals surface area contributed by atoms with Gasteiger partial charge < -0.3 is 15.2 Å². The number of aliphatic carboxylic acids is 1. The van der Waals surface area contributed by atoms with E-state index in [1.54, 1.807) is 0 Å². The summed E-state index contributed by atoms with van der Waals surface area (Å²) in [6.07, 6.45) is 2.21. The second-order valence-corrected chi connectivity index (χ2v) is 4.97. The summed E-state index contributed by atoms with van der Waals surface area (Å²) >= 11 is 1.50. The molecule has 0 radical (unpaired) electrons. The van der Waals surface area contributed by atoms with Crippen LogP contribution < -0.4 is 10.1 Å². The number of hydrogen-bond donors (Lipinski definition) is 2. The number of amides is 1. The summed E-state index contributed by atoms with van der Waals surface area (Å²) in [6.45, 7) is -0.311. The van der Waals surface area contributed by atoms with E-state index in [1.165, 1.54) is 36.0 Å². The number of halogens is 1. The first-order valence-electron chi connectivity index (χ1n) is 5.92. The number of thioether (sulfide) groups is 1. The van der Waals surface area contributed by atoms with Crippen molar-refractivity contribution in [2.24, 2.45) is 0 Å². The van der Waals surface area contributed by atoms with Gasteiger partial charge in [-0.1, -0.05) is 0 Å². The number of carbonyl (C=O) groups is 2. The fraction of sp³-hybridized carbons (Fsp3) is 0.385. The number of carboxylic acid groups (broad SMARTS) is 1. The van der Waals surface area contributed by atoms with E-state index in [0.717, 1.165) is 0 Å². The molecule has 1 aromatic rings. The molecule has 0 bridgehead atoms. The van der Waals surface area contributed by atoms with E-state index in [4.69, 9.17) is 9.84 Å². The fourth-order valence-corrected chi connectivity index (χ4v) is 1.88. The lowest BCUT2D eigenvalue weighted by atomic mass is 10.2. The standard InChI is InChI=1S/C13H16FNO4S/c1-20-7-6-11(13(17)18)15-12(16)8-19-10-4-2-9(14)3-5-10/h2-5,11H,6-8H2,1H3,(H,15,16)(H,17,18)/t11-/m1/s1. The topological polar surface area (TPSA) is 75.6 Å². The highest BCUT2D eigenvalue weighted by Gasteiger charge is 2.19. The van der Waals surface area contributed by atoms with Crippen LogP contribution >= 0.6 is 11.8 Å². The Balaban J connectivity index is 2.41. The number of ether oxygens (including phenoxy) is 1. The van der Waals surface area contributed by atoms with Gasteiger partial charge in [0, 0.05) is 0 Å². The van der Waals surface area contributed by atoms with E-state index in [-0.39, 0.29) is 6.61 Å². The Kier molecular flexibility index (Phi) is 6.86. The third-order valence-corrected chi connectivity index (χ3v) is 3.07. The van der Waals surface area contributed by atoms with E-state index in [9.17, 15) is 14.0 Å². The molecule has 0 fully saturated rings. The van der Waals surface area contributed by atoms with Crippen LogP contribution in [0.3, 0.4) is 0 Å². The molecule has 0 heterocycles. The van der Waals surface area contributed by atoms with Crippen LogP contribution in [0.15, 0.2) is 24.3 Å². The zero-order valence-electron chi connectivity index (χ0n) is 11.0. The highest BCUT2D eigenvalue weighted by atomic mass is 32.2. The predicted octanol–water partition coefficient (Wildman–Crippen LogP) is 1.53. The Labute approximate surface area is 120 Å². The van der Waals surface area contributed by atoms with Gasteiger partial charge in [-0.2, -0.15) is 11.8 Å². The van der Waals surface area contributed by atoms with E-state index in [2.05, 4.69) is 5.32 Å². The van der Waals surface area contributed by atoms with Crippen LogP contribution in [0.1, 0.15) is 6.42 Å². The maximum absolute atomic E-state index is 12.7. The average molecular weight is 301 g/mol. The normalized spacial score (nSPS) is 11.7. The molecule has 110 valence electrons.